The monoisotopic (exact) mass is 454 g/mol. The summed E-state index contributed by atoms with van der Waals surface area (Å²) in [4.78, 5) is 0.256. The second-order valence-electron chi connectivity index (χ2n) is 7.65. The Morgan fingerprint density at radius 1 is 1.07 bits per heavy atom. The molecule has 1 saturated heterocycles. The lowest BCUT2D eigenvalue weighted by Gasteiger charge is -2.34. The maximum Gasteiger partial charge on any atom is 0.243 e. The molecule has 1 unspecified atom stereocenters. The van der Waals surface area contributed by atoms with Crippen LogP contribution in [-0.2, 0) is 25.8 Å². The zero-order valence-corrected chi connectivity index (χ0v) is 18.6. The van der Waals surface area contributed by atoms with E-state index in [9.17, 15) is 21.2 Å². The third-order valence-electron chi connectivity index (χ3n) is 5.25. The number of nitrogens with one attached hydrogen (secondary N) is 1. The van der Waals surface area contributed by atoms with Crippen LogP contribution in [-0.4, -0.2) is 40.3 Å². The molecular weight excluding hydrogens is 427 g/mol. The Bertz CT molecular complexity index is 1070. The predicted molar refractivity (Wildman–Crippen MR) is 114 cm³/mol. The van der Waals surface area contributed by atoms with Crippen molar-refractivity contribution in [2.24, 2.45) is 0 Å². The number of nitrogens with zero attached hydrogens (tertiary/aromatic N) is 1. The standard InChI is InChI=1S/C21H27FN2O4S2/c1-17-8-10-21(11-9-17)30(27,28)24-14-3-2-7-20(24)12-13-23-29(25,26)16-18-5-4-6-19(22)15-18/h4-6,8-11,15,20,23H,2-3,7,12-14,16H2,1H3. The summed E-state index contributed by atoms with van der Waals surface area (Å²) in [5, 5.41) is 0. The van der Waals surface area contributed by atoms with Crippen molar-refractivity contribution in [1.82, 2.24) is 9.03 Å². The lowest BCUT2D eigenvalue weighted by molar-refractivity contribution is 0.242. The highest BCUT2D eigenvalue weighted by molar-refractivity contribution is 7.89. The van der Waals surface area contributed by atoms with Gasteiger partial charge < -0.3 is 0 Å². The summed E-state index contributed by atoms with van der Waals surface area (Å²) in [5.74, 6) is -0.803. The first kappa shape index (κ1) is 22.9. The van der Waals surface area contributed by atoms with Gasteiger partial charge in [-0.3, -0.25) is 0 Å². The zero-order chi connectivity index (χ0) is 21.8. The van der Waals surface area contributed by atoms with E-state index in [-0.39, 0.29) is 23.2 Å². The summed E-state index contributed by atoms with van der Waals surface area (Å²) in [5.41, 5.74) is 1.35. The van der Waals surface area contributed by atoms with Gasteiger partial charge in [-0.15, -0.1) is 0 Å². The highest BCUT2D eigenvalue weighted by Gasteiger charge is 2.33. The molecule has 0 amide bonds. The van der Waals surface area contributed by atoms with E-state index in [1.165, 1.54) is 22.5 Å². The first-order valence-electron chi connectivity index (χ1n) is 9.98. The van der Waals surface area contributed by atoms with Crippen molar-refractivity contribution in [2.75, 3.05) is 13.1 Å². The molecule has 2 aromatic carbocycles. The van der Waals surface area contributed by atoms with Gasteiger partial charge in [0.05, 0.1) is 10.6 Å². The van der Waals surface area contributed by atoms with Crippen LogP contribution in [0.2, 0.25) is 0 Å². The fourth-order valence-corrected chi connectivity index (χ4v) is 6.58. The average molecular weight is 455 g/mol. The molecule has 0 aromatic heterocycles. The number of rotatable bonds is 8. The summed E-state index contributed by atoms with van der Waals surface area (Å²) >= 11 is 0. The third kappa shape index (κ3) is 5.87. The van der Waals surface area contributed by atoms with Crippen molar-refractivity contribution in [3.05, 3.63) is 65.5 Å². The van der Waals surface area contributed by atoms with E-state index in [2.05, 4.69) is 4.72 Å². The summed E-state index contributed by atoms with van der Waals surface area (Å²) < 4.78 is 68.1. The molecule has 1 N–H and O–H groups in total. The Balaban J connectivity index is 1.63. The van der Waals surface area contributed by atoms with Crippen LogP contribution < -0.4 is 4.72 Å². The fraction of sp³-hybridized carbons (Fsp3) is 0.429. The van der Waals surface area contributed by atoms with E-state index >= 15 is 0 Å². The van der Waals surface area contributed by atoms with E-state index < -0.39 is 25.9 Å². The molecule has 0 spiro atoms. The molecule has 2 aromatic rings. The molecule has 1 aliphatic rings. The van der Waals surface area contributed by atoms with Gasteiger partial charge in [0, 0.05) is 19.1 Å². The molecule has 0 radical (unpaired) electrons. The maximum atomic E-state index is 13.3. The summed E-state index contributed by atoms with van der Waals surface area (Å²) in [6.45, 7) is 2.45. The van der Waals surface area contributed by atoms with Crippen molar-refractivity contribution in [3.63, 3.8) is 0 Å². The minimum Gasteiger partial charge on any atom is -0.215 e. The summed E-state index contributed by atoms with van der Waals surface area (Å²) in [6.07, 6.45) is 2.76. The number of piperidine rings is 1. The summed E-state index contributed by atoms with van der Waals surface area (Å²) in [6, 6.07) is 12.0. The molecule has 3 rings (SSSR count). The van der Waals surface area contributed by atoms with Crippen LogP contribution in [0.3, 0.4) is 0 Å². The molecule has 6 nitrogen and oxygen atoms in total. The number of hydrogen-bond donors (Lipinski definition) is 1. The molecule has 1 heterocycles. The number of aryl methyl sites for hydroxylation is 1. The van der Waals surface area contributed by atoms with Gasteiger partial charge in [0.2, 0.25) is 20.0 Å². The maximum absolute atomic E-state index is 13.3. The van der Waals surface area contributed by atoms with Crippen LogP contribution in [0, 0.1) is 12.7 Å². The Morgan fingerprint density at radius 2 is 1.80 bits per heavy atom. The van der Waals surface area contributed by atoms with Crippen molar-refractivity contribution in [2.45, 2.75) is 49.3 Å². The van der Waals surface area contributed by atoms with Gasteiger partial charge >= 0.3 is 0 Å². The highest BCUT2D eigenvalue weighted by Crippen LogP contribution is 2.27. The van der Waals surface area contributed by atoms with Gasteiger partial charge in [-0.05, 0) is 56.0 Å². The molecule has 0 aliphatic carbocycles. The molecular formula is C21H27FN2O4S2. The Hall–Kier alpha value is -1.81. The van der Waals surface area contributed by atoms with Gasteiger partial charge in [0.15, 0.2) is 0 Å². The number of benzene rings is 2. The third-order valence-corrected chi connectivity index (χ3v) is 8.57. The van der Waals surface area contributed by atoms with Crippen molar-refractivity contribution in [3.8, 4) is 0 Å². The molecule has 164 valence electrons. The van der Waals surface area contributed by atoms with E-state index in [1.54, 1.807) is 30.3 Å². The largest absolute Gasteiger partial charge is 0.243 e. The van der Waals surface area contributed by atoms with Gasteiger partial charge in [0.25, 0.3) is 0 Å². The minimum atomic E-state index is -3.65. The van der Waals surface area contributed by atoms with Gasteiger partial charge in [0.1, 0.15) is 5.82 Å². The Labute approximate surface area is 178 Å². The SMILES string of the molecule is Cc1ccc(S(=O)(=O)N2CCCCC2CCNS(=O)(=O)Cc2cccc(F)c2)cc1. The van der Waals surface area contributed by atoms with Crippen LogP contribution in [0.1, 0.15) is 36.8 Å². The quantitative estimate of drug-likeness (QED) is 0.664. The Kier molecular flexibility index (Phi) is 7.28. The van der Waals surface area contributed by atoms with Crippen LogP contribution in [0.15, 0.2) is 53.4 Å². The Morgan fingerprint density at radius 3 is 2.50 bits per heavy atom. The van der Waals surface area contributed by atoms with Crippen molar-refractivity contribution >= 4 is 20.0 Å². The average Bonchev–Trinajstić information content (AvgIpc) is 2.68. The topological polar surface area (TPSA) is 83.6 Å². The van der Waals surface area contributed by atoms with Gasteiger partial charge in [-0.25, -0.2) is 25.9 Å². The second kappa shape index (κ2) is 9.55. The molecule has 1 atom stereocenters. The van der Waals surface area contributed by atoms with Crippen LogP contribution in [0.25, 0.3) is 0 Å². The summed E-state index contributed by atoms with van der Waals surface area (Å²) in [7, 11) is -7.28. The van der Waals surface area contributed by atoms with Crippen molar-refractivity contribution < 1.29 is 21.2 Å². The van der Waals surface area contributed by atoms with Crippen LogP contribution >= 0.6 is 0 Å². The molecule has 0 saturated carbocycles. The molecule has 1 fully saturated rings. The van der Waals surface area contributed by atoms with Gasteiger partial charge in [-0.1, -0.05) is 36.2 Å². The number of sulfonamides is 2. The molecule has 9 heteroatoms. The smallest absolute Gasteiger partial charge is 0.215 e. The lowest BCUT2D eigenvalue weighted by Crippen LogP contribution is -2.45. The van der Waals surface area contributed by atoms with E-state index in [4.69, 9.17) is 0 Å². The normalized spacial score (nSPS) is 18.4. The van der Waals surface area contributed by atoms with E-state index in [1.807, 2.05) is 6.92 Å². The first-order chi connectivity index (χ1) is 14.2. The second-order valence-corrected chi connectivity index (χ2v) is 11.3. The first-order valence-corrected chi connectivity index (χ1v) is 13.1. The van der Waals surface area contributed by atoms with Crippen LogP contribution in [0.5, 0.6) is 0 Å². The molecule has 30 heavy (non-hydrogen) atoms. The van der Waals surface area contributed by atoms with E-state index in [0.29, 0.717) is 24.9 Å². The highest BCUT2D eigenvalue weighted by atomic mass is 32.2. The van der Waals surface area contributed by atoms with Crippen LogP contribution in [0.4, 0.5) is 4.39 Å². The molecule has 1 aliphatic heterocycles. The van der Waals surface area contributed by atoms with Gasteiger partial charge in [-0.2, -0.15) is 4.31 Å². The number of halogens is 1. The lowest BCUT2D eigenvalue weighted by atomic mass is 10.0. The molecule has 0 bridgehead atoms. The fourth-order valence-electron chi connectivity index (χ4n) is 3.70. The van der Waals surface area contributed by atoms with E-state index in [0.717, 1.165) is 18.4 Å². The number of hydrogen-bond acceptors (Lipinski definition) is 4. The zero-order valence-electron chi connectivity index (χ0n) is 16.9. The minimum absolute atomic E-state index is 0.127. The predicted octanol–water partition coefficient (Wildman–Crippen LogP) is 3.19. The van der Waals surface area contributed by atoms with Crippen molar-refractivity contribution in [1.29, 1.82) is 0 Å².